The third-order valence-corrected chi connectivity index (χ3v) is 3.63. The van der Waals surface area contributed by atoms with Crippen molar-refractivity contribution < 1.29 is 14.1 Å². The third kappa shape index (κ3) is 2.32. The van der Waals surface area contributed by atoms with Gasteiger partial charge in [-0.3, -0.25) is 0 Å². The van der Waals surface area contributed by atoms with E-state index in [1.54, 1.807) is 6.92 Å². The van der Waals surface area contributed by atoms with Gasteiger partial charge in [-0.15, -0.1) is 0 Å². The molecule has 0 aliphatic carbocycles. The number of amides is 1. The van der Waals surface area contributed by atoms with Crippen LogP contribution in [-0.2, 0) is 4.74 Å². The summed E-state index contributed by atoms with van der Waals surface area (Å²) in [6, 6.07) is 0.966. The Morgan fingerprint density at radius 3 is 2.60 bits per heavy atom. The predicted octanol–water partition coefficient (Wildman–Crippen LogP) is 1.58. The standard InChI is InChI=1S/C13H20N4O3/c1-8-14-11(20-15-8)16-6-10-5-9(16)7-17(10)12(18)19-13(2,3)4/h9-10H,5-7H2,1-4H3/t9?,10-/m0/s1. The molecule has 0 radical (unpaired) electrons. The van der Waals surface area contributed by atoms with Crippen molar-refractivity contribution in [3.63, 3.8) is 0 Å². The van der Waals surface area contributed by atoms with Crippen molar-refractivity contribution in [2.24, 2.45) is 0 Å². The second-order valence-electron chi connectivity index (χ2n) is 6.45. The first kappa shape index (κ1) is 13.2. The Labute approximate surface area is 117 Å². The van der Waals surface area contributed by atoms with Crippen LogP contribution in [0.15, 0.2) is 4.52 Å². The van der Waals surface area contributed by atoms with Gasteiger partial charge >= 0.3 is 12.1 Å². The molecule has 20 heavy (non-hydrogen) atoms. The zero-order valence-electron chi connectivity index (χ0n) is 12.3. The molecule has 1 aromatic rings. The van der Waals surface area contributed by atoms with Crippen LogP contribution in [0.2, 0.25) is 0 Å². The molecular formula is C13H20N4O3. The van der Waals surface area contributed by atoms with Crippen molar-refractivity contribution in [3.8, 4) is 0 Å². The molecule has 1 aromatic heterocycles. The summed E-state index contributed by atoms with van der Waals surface area (Å²) in [5.41, 5.74) is -0.456. The topological polar surface area (TPSA) is 71.7 Å². The number of aromatic nitrogens is 2. The molecule has 2 aliphatic heterocycles. The van der Waals surface area contributed by atoms with Crippen LogP contribution in [0.1, 0.15) is 33.0 Å². The summed E-state index contributed by atoms with van der Waals surface area (Å²) >= 11 is 0. The number of aryl methyl sites for hydroxylation is 1. The number of hydrogen-bond acceptors (Lipinski definition) is 6. The molecule has 2 aliphatic rings. The minimum Gasteiger partial charge on any atom is -0.444 e. The van der Waals surface area contributed by atoms with Gasteiger partial charge in [-0.25, -0.2) is 4.79 Å². The molecule has 7 nitrogen and oxygen atoms in total. The van der Waals surface area contributed by atoms with Gasteiger partial charge in [0.05, 0.1) is 12.1 Å². The van der Waals surface area contributed by atoms with E-state index in [4.69, 9.17) is 9.26 Å². The smallest absolute Gasteiger partial charge is 0.410 e. The normalized spacial score (nSPS) is 25.4. The summed E-state index contributed by atoms with van der Waals surface area (Å²) in [6.07, 6.45) is 0.701. The maximum absolute atomic E-state index is 12.1. The highest BCUT2D eigenvalue weighted by Gasteiger charge is 2.48. The van der Waals surface area contributed by atoms with Crippen LogP contribution in [0.3, 0.4) is 0 Å². The zero-order valence-corrected chi connectivity index (χ0v) is 12.3. The SMILES string of the molecule is Cc1noc(N2C[C@@H]3CC2CN3C(=O)OC(C)(C)C)n1. The number of hydrogen-bond donors (Lipinski definition) is 0. The minimum absolute atomic E-state index is 0.169. The lowest BCUT2D eigenvalue weighted by Gasteiger charge is -2.34. The van der Waals surface area contributed by atoms with Gasteiger partial charge in [0, 0.05) is 13.1 Å². The maximum atomic E-state index is 12.1. The van der Waals surface area contributed by atoms with Gasteiger partial charge in [0.1, 0.15) is 5.60 Å². The average Bonchev–Trinajstić information content (AvgIpc) is 2.99. The lowest BCUT2D eigenvalue weighted by molar-refractivity contribution is 0.0213. The molecule has 7 heteroatoms. The molecule has 0 spiro atoms. The monoisotopic (exact) mass is 280 g/mol. The summed E-state index contributed by atoms with van der Waals surface area (Å²) in [5.74, 6) is 0.631. The van der Waals surface area contributed by atoms with Crippen molar-refractivity contribution in [2.45, 2.75) is 51.8 Å². The molecule has 2 bridgehead atoms. The third-order valence-electron chi connectivity index (χ3n) is 3.63. The van der Waals surface area contributed by atoms with Crippen LogP contribution in [0, 0.1) is 6.92 Å². The molecule has 1 unspecified atom stereocenters. The highest BCUT2D eigenvalue weighted by molar-refractivity contribution is 5.70. The molecule has 2 atom stereocenters. The number of ether oxygens (including phenoxy) is 1. The number of nitrogens with zero attached hydrogens (tertiary/aromatic N) is 4. The molecule has 0 N–H and O–H groups in total. The van der Waals surface area contributed by atoms with Crippen LogP contribution in [-0.4, -0.2) is 51.9 Å². The summed E-state index contributed by atoms with van der Waals surface area (Å²) in [6.45, 7) is 8.83. The van der Waals surface area contributed by atoms with Crippen molar-refractivity contribution in [2.75, 3.05) is 18.0 Å². The molecule has 0 saturated carbocycles. The van der Waals surface area contributed by atoms with Gasteiger partial charge < -0.3 is 19.1 Å². The second kappa shape index (κ2) is 4.36. The highest BCUT2D eigenvalue weighted by Crippen LogP contribution is 2.34. The first-order chi connectivity index (χ1) is 9.33. The van der Waals surface area contributed by atoms with E-state index in [0.29, 0.717) is 18.4 Å². The Hall–Kier alpha value is -1.79. The van der Waals surface area contributed by atoms with Gasteiger partial charge in [0.15, 0.2) is 5.82 Å². The minimum atomic E-state index is -0.456. The van der Waals surface area contributed by atoms with E-state index < -0.39 is 5.60 Å². The lowest BCUT2D eigenvalue weighted by atomic mass is 10.2. The number of likely N-dealkylation sites (tertiary alicyclic amines) is 1. The average molecular weight is 280 g/mol. The van der Waals surface area contributed by atoms with Gasteiger partial charge in [-0.2, -0.15) is 4.98 Å². The van der Waals surface area contributed by atoms with Crippen LogP contribution in [0.4, 0.5) is 10.8 Å². The van der Waals surface area contributed by atoms with Crippen molar-refractivity contribution in [1.29, 1.82) is 0 Å². The summed E-state index contributed by atoms with van der Waals surface area (Å²) in [4.78, 5) is 20.3. The Balaban J connectivity index is 1.66. The zero-order chi connectivity index (χ0) is 14.5. The van der Waals surface area contributed by atoms with E-state index in [1.807, 2.05) is 25.7 Å². The van der Waals surface area contributed by atoms with E-state index in [-0.39, 0.29) is 18.2 Å². The molecule has 3 rings (SSSR count). The number of piperazine rings is 1. The van der Waals surface area contributed by atoms with E-state index in [2.05, 4.69) is 15.0 Å². The number of carbonyl (C=O) groups is 1. The molecule has 1 amide bonds. The fourth-order valence-electron chi connectivity index (χ4n) is 2.85. The molecular weight excluding hydrogens is 260 g/mol. The van der Waals surface area contributed by atoms with Gasteiger partial charge in [-0.05, 0) is 34.1 Å². The first-order valence-electron chi connectivity index (χ1n) is 6.90. The van der Waals surface area contributed by atoms with Crippen molar-refractivity contribution >= 4 is 12.1 Å². The first-order valence-corrected chi connectivity index (χ1v) is 6.90. The predicted molar refractivity (Wildman–Crippen MR) is 71.5 cm³/mol. The van der Waals surface area contributed by atoms with Crippen molar-refractivity contribution in [1.82, 2.24) is 15.0 Å². The number of carbonyl (C=O) groups excluding carboxylic acids is 1. The molecule has 110 valence electrons. The van der Waals surface area contributed by atoms with Crippen LogP contribution in [0.5, 0.6) is 0 Å². The van der Waals surface area contributed by atoms with Crippen LogP contribution >= 0.6 is 0 Å². The van der Waals surface area contributed by atoms with E-state index >= 15 is 0 Å². The summed E-state index contributed by atoms with van der Waals surface area (Å²) in [5, 5.41) is 3.81. The summed E-state index contributed by atoms with van der Waals surface area (Å²) in [7, 11) is 0. The largest absolute Gasteiger partial charge is 0.444 e. The Kier molecular flexibility index (Phi) is 2.88. The maximum Gasteiger partial charge on any atom is 0.410 e. The number of anilines is 1. The van der Waals surface area contributed by atoms with Gasteiger partial charge in [-0.1, -0.05) is 5.16 Å². The van der Waals surface area contributed by atoms with Gasteiger partial charge in [0.2, 0.25) is 0 Å². The highest BCUT2D eigenvalue weighted by atomic mass is 16.6. The Morgan fingerprint density at radius 1 is 1.35 bits per heavy atom. The van der Waals surface area contributed by atoms with E-state index in [0.717, 1.165) is 13.0 Å². The second-order valence-corrected chi connectivity index (χ2v) is 6.45. The molecule has 0 aromatic carbocycles. The van der Waals surface area contributed by atoms with Crippen LogP contribution in [0.25, 0.3) is 0 Å². The molecule has 3 heterocycles. The number of rotatable bonds is 1. The fourth-order valence-corrected chi connectivity index (χ4v) is 2.85. The molecule has 2 saturated heterocycles. The molecule has 2 fully saturated rings. The Bertz CT molecular complexity index is 522. The number of fused-ring (bicyclic) bond motifs is 2. The fraction of sp³-hybridized carbons (Fsp3) is 0.769. The van der Waals surface area contributed by atoms with E-state index in [1.165, 1.54) is 0 Å². The van der Waals surface area contributed by atoms with E-state index in [9.17, 15) is 4.79 Å². The van der Waals surface area contributed by atoms with Crippen LogP contribution < -0.4 is 4.90 Å². The quantitative estimate of drug-likeness (QED) is 0.777. The lowest BCUT2D eigenvalue weighted by Crippen LogP contribution is -2.50. The van der Waals surface area contributed by atoms with Gasteiger partial charge in [0.25, 0.3) is 0 Å². The summed E-state index contributed by atoms with van der Waals surface area (Å²) < 4.78 is 10.6. The van der Waals surface area contributed by atoms with Crippen molar-refractivity contribution in [3.05, 3.63) is 5.82 Å². The Morgan fingerprint density at radius 2 is 2.10 bits per heavy atom.